The fraction of sp³-hybridized carbons (Fsp3) is 0.111. The predicted octanol–water partition coefficient (Wildman–Crippen LogP) is 3.56. The topological polar surface area (TPSA) is 56.3 Å². The Bertz CT molecular complexity index is 794. The number of benzene rings is 1. The number of nitrogens with one attached hydrogen (secondary N) is 1. The normalized spacial score (nSPS) is 15.4. The van der Waals surface area contributed by atoms with E-state index < -0.39 is 0 Å². The van der Waals surface area contributed by atoms with Crippen LogP contribution in [0.5, 0.6) is 11.5 Å². The molecule has 0 radical (unpaired) electrons. The lowest BCUT2D eigenvalue weighted by atomic mass is 10.2. The molecule has 23 heavy (non-hydrogen) atoms. The zero-order valence-electron chi connectivity index (χ0n) is 12.3. The molecular weight excluding hydrogens is 290 g/mol. The molecule has 1 unspecified atom stereocenters. The predicted molar refractivity (Wildman–Crippen MR) is 86.2 cm³/mol. The molecule has 1 aliphatic rings. The molecule has 0 aliphatic carbocycles. The highest BCUT2D eigenvalue weighted by Gasteiger charge is 2.23. The van der Waals surface area contributed by atoms with Crippen molar-refractivity contribution in [1.29, 1.82) is 0 Å². The second kappa shape index (κ2) is 5.96. The largest absolute Gasteiger partial charge is 0.489 e. The first-order chi connectivity index (χ1) is 11.4. The number of fused-ring (bicyclic) bond motifs is 1. The Hall–Kier alpha value is -3.08. The van der Waals surface area contributed by atoms with Crippen LogP contribution in [0.2, 0.25) is 0 Å². The van der Waals surface area contributed by atoms with E-state index in [1.807, 2.05) is 42.5 Å². The first-order valence-electron chi connectivity index (χ1n) is 7.37. The van der Waals surface area contributed by atoms with E-state index >= 15 is 0 Å². The quantitative estimate of drug-likeness (QED) is 0.798. The maximum absolute atomic E-state index is 5.94. The summed E-state index contributed by atoms with van der Waals surface area (Å²) in [4.78, 5) is 8.20. The molecule has 114 valence electrons. The third-order valence-corrected chi connectivity index (χ3v) is 3.60. The van der Waals surface area contributed by atoms with Crippen LogP contribution < -0.4 is 14.8 Å². The fourth-order valence-corrected chi connectivity index (χ4v) is 2.44. The SMILES string of the molecule is c1cncc(COc2ccc3c(c2)OC(c2cccnc2)N3)c1. The van der Waals surface area contributed by atoms with Gasteiger partial charge in [0.25, 0.3) is 0 Å². The van der Waals surface area contributed by atoms with Gasteiger partial charge in [0.2, 0.25) is 0 Å². The summed E-state index contributed by atoms with van der Waals surface area (Å²) in [5.41, 5.74) is 2.97. The van der Waals surface area contributed by atoms with Crippen molar-refractivity contribution < 1.29 is 9.47 Å². The van der Waals surface area contributed by atoms with E-state index in [0.29, 0.717) is 6.61 Å². The lowest BCUT2D eigenvalue weighted by Crippen LogP contribution is -2.09. The van der Waals surface area contributed by atoms with Crippen molar-refractivity contribution >= 4 is 5.69 Å². The molecule has 0 spiro atoms. The molecule has 3 heterocycles. The van der Waals surface area contributed by atoms with Gasteiger partial charge < -0.3 is 14.8 Å². The molecule has 2 aromatic heterocycles. The molecule has 0 amide bonds. The summed E-state index contributed by atoms with van der Waals surface area (Å²) in [6.07, 6.45) is 6.87. The molecule has 0 fully saturated rings. The number of hydrogen-bond donors (Lipinski definition) is 1. The summed E-state index contributed by atoms with van der Waals surface area (Å²) in [7, 11) is 0. The number of anilines is 1. The summed E-state index contributed by atoms with van der Waals surface area (Å²) in [5, 5.41) is 3.32. The van der Waals surface area contributed by atoms with Crippen LogP contribution in [0.3, 0.4) is 0 Å². The van der Waals surface area contributed by atoms with Gasteiger partial charge in [-0.05, 0) is 24.3 Å². The number of rotatable bonds is 4. The monoisotopic (exact) mass is 305 g/mol. The highest BCUT2D eigenvalue weighted by molar-refractivity contribution is 5.63. The Morgan fingerprint density at radius 3 is 2.70 bits per heavy atom. The average Bonchev–Trinajstić information content (AvgIpc) is 3.05. The smallest absolute Gasteiger partial charge is 0.198 e. The van der Waals surface area contributed by atoms with Crippen LogP contribution in [0.25, 0.3) is 0 Å². The van der Waals surface area contributed by atoms with Crippen molar-refractivity contribution in [2.45, 2.75) is 12.8 Å². The van der Waals surface area contributed by atoms with Crippen molar-refractivity contribution in [1.82, 2.24) is 9.97 Å². The Kier molecular flexibility index (Phi) is 3.52. The second-order valence-corrected chi connectivity index (χ2v) is 5.24. The van der Waals surface area contributed by atoms with Gasteiger partial charge in [-0.3, -0.25) is 9.97 Å². The number of aromatic nitrogens is 2. The van der Waals surface area contributed by atoms with Crippen molar-refractivity contribution in [2.75, 3.05) is 5.32 Å². The van der Waals surface area contributed by atoms with Gasteiger partial charge in [-0.15, -0.1) is 0 Å². The van der Waals surface area contributed by atoms with Crippen LogP contribution >= 0.6 is 0 Å². The van der Waals surface area contributed by atoms with Crippen LogP contribution in [-0.2, 0) is 6.61 Å². The fourth-order valence-electron chi connectivity index (χ4n) is 2.44. The summed E-state index contributed by atoms with van der Waals surface area (Å²) in [5.74, 6) is 1.55. The molecule has 1 aromatic carbocycles. The third-order valence-electron chi connectivity index (χ3n) is 3.60. The van der Waals surface area contributed by atoms with Crippen molar-refractivity contribution in [2.24, 2.45) is 0 Å². The number of nitrogens with zero attached hydrogens (tertiary/aromatic N) is 2. The van der Waals surface area contributed by atoms with E-state index in [0.717, 1.165) is 28.3 Å². The average molecular weight is 305 g/mol. The van der Waals surface area contributed by atoms with Crippen molar-refractivity contribution in [3.05, 3.63) is 78.4 Å². The van der Waals surface area contributed by atoms with Gasteiger partial charge in [-0.2, -0.15) is 0 Å². The lowest BCUT2D eigenvalue weighted by Gasteiger charge is -2.10. The van der Waals surface area contributed by atoms with Gasteiger partial charge in [-0.25, -0.2) is 0 Å². The Labute approximate surface area is 133 Å². The number of pyridine rings is 2. The molecule has 3 aromatic rings. The van der Waals surface area contributed by atoms with Gasteiger partial charge in [0.05, 0.1) is 5.69 Å². The van der Waals surface area contributed by atoms with Crippen LogP contribution in [0.1, 0.15) is 17.4 Å². The lowest BCUT2D eigenvalue weighted by molar-refractivity contribution is 0.256. The Morgan fingerprint density at radius 1 is 1.04 bits per heavy atom. The highest BCUT2D eigenvalue weighted by Crippen LogP contribution is 2.39. The summed E-state index contributed by atoms with van der Waals surface area (Å²) in [6, 6.07) is 13.5. The molecule has 1 atom stereocenters. The third kappa shape index (κ3) is 2.94. The van der Waals surface area contributed by atoms with Gasteiger partial charge in [0, 0.05) is 42.0 Å². The number of hydrogen-bond acceptors (Lipinski definition) is 5. The molecule has 5 nitrogen and oxygen atoms in total. The molecule has 0 bridgehead atoms. The highest BCUT2D eigenvalue weighted by atomic mass is 16.5. The molecule has 5 heteroatoms. The second-order valence-electron chi connectivity index (χ2n) is 5.24. The first-order valence-corrected chi connectivity index (χ1v) is 7.37. The van der Waals surface area contributed by atoms with Crippen LogP contribution in [0, 0.1) is 0 Å². The molecule has 0 saturated carbocycles. The van der Waals surface area contributed by atoms with E-state index in [1.54, 1.807) is 24.8 Å². The minimum Gasteiger partial charge on any atom is -0.489 e. The van der Waals surface area contributed by atoms with Crippen LogP contribution in [0.15, 0.2) is 67.3 Å². The van der Waals surface area contributed by atoms with E-state index in [4.69, 9.17) is 9.47 Å². The van der Waals surface area contributed by atoms with Crippen LogP contribution in [-0.4, -0.2) is 9.97 Å². The Balaban J connectivity index is 1.46. The zero-order chi connectivity index (χ0) is 15.5. The molecular formula is C18H15N3O2. The first kappa shape index (κ1) is 13.6. The Morgan fingerprint density at radius 2 is 1.91 bits per heavy atom. The molecule has 4 rings (SSSR count). The molecule has 1 N–H and O–H groups in total. The minimum absolute atomic E-state index is 0.215. The van der Waals surface area contributed by atoms with Gasteiger partial charge in [-0.1, -0.05) is 12.1 Å². The zero-order valence-corrected chi connectivity index (χ0v) is 12.3. The summed E-state index contributed by atoms with van der Waals surface area (Å²) in [6.45, 7) is 0.478. The van der Waals surface area contributed by atoms with Gasteiger partial charge in [0.15, 0.2) is 6.23 Å². The van der Waals surface area contributed by atoms with Crippen molar-refractivity contribution in [3.63, 3.8) is 0 Å². The van der Waals surface area contributed by atoms with Gasteiger partial charge in [0.1, 0.15) is 18.1 Å². The molecule has 0 saturated heterocycles. The summed E-state index contributed by atoms with van der Waals surface area (Å²) < 4.78 is 11.7. The van der Waals surface area contributed by atoms with Gasteiger partial charge >= 0.3 is 0 Å². The van der Waals surface area contributed by atoms with E-state index in [2.05, 4.69) is 15.3 Å². The van der Waals surface area contributed by atoms with E-state index in [-0.39, 0.29) is 6.23 Å². The molecule has 1 aliphatic heterocycles. The maximum Gasteiger partial charge on any atom is 0.198 e. The van der Waals surface area contributed by atoms with E-state index in [1.165, 1.54) is 0 Å². The van der Waals surface area contributed by atoms with Crippen molar-refractivity contribution in [3.8, 4) is 11.5 Å². The number of ether oxygens (including phenoxy) is 2. The van der Waals surface area contributed by atoms with Crippen LogP contribution in [0.4, 0.5) is 5.69 Å². The minimum atomic E-state index is -0.215. The maximum atomic E-state index is 5.94. The standard InChI is InChI=1S/C18H15N3O2/c1-3-13(10-19-7-1)12-22-15-5-6-16-17(9-15)23-18(21-16)14-4-2-8-20-11-14/h1-11,18,21H,12H2. The summed E-state index contributed by atoms with van der Waals surface area (Å²) >= 11 is 0. The van der Waals surface area contributed by atoms with E-state index in [9.17, 15) is 0 Å².